The highest BCUT2D eigenvalue weighted by atomic mass is 35.5. The number of aliphatic imine (C=N–C) groups is 1. The zero-order valence-corrected chi connectivity index (χ0v) is 18.7. The number of piperidine rings is 1. The fourth-order valence-corrected chi connectivity index (χ4v) is 4.14. The molecule has 0 atom stereocenters. The first-order valence-corrected chi connectivity index (χ1v) is 11.3. The van der Waals surface area contributed by atoms with Gasteiger partial charge in [-0.25, -0.2) is 19.3 Å². The van der Waals surface area contributed by atoms with Crippen molar-refractivity contribution in [1.82, 2.24) is 24.8 Å². The molecule has 1 aliphatic carbocycles. The molecule has 1 saturated heterocycles. The largest absolute Gasteiger partial charge is 0.382 e. The number of nitrogens with zero attached hydrogens (tertiary/aromatic N) is 5. The van der Waals surface area contributed by atoms with E-state index in [9.17, 15) is 4.39 Å². The molecule has 0 bridgehead atoms. The number of likely N-dealkylation sites (tertiary alicyclic amines) is 1. The number of imidazole rings is 1. The molecular formula is C22H26ClFN8. The smallest absolute Gasteiger partial charge is 0.156 e. The van der Waals surface area contributed by atoms with Crippen LogP contribution in [0.2, 0.25) is 5.02 Å². The van der Waals surface area contributed by atoms with Crippen molar-refractivity contribution in [3.8, 4) is 0 Å². The zero-order valence-electron chi connectivity index (χ0n) is 17.9. The molecule has 5 rings (SSSR count). The van der Waals surface area contributed by atoms with Gasteiger partial charge in [-0.3, -0.25) is 4.99 Å². The fraction of sp³-hybridized carbons (Fsp3) is 0.455. The van der Waals surface area contributed by atoms with Crippen molar-refractivity contribution in [3.63, 3.8) is 0 Å². The van der Waals surface area contributed by atoms with Crippen LogP contribution in [-0.2, 0) is 6.54 Å². The number of aromatic nitrogens is 4. The van der Waals surface area contributed by atoms with Crippen LogP contribution in [0.15, 0.2) is 23.3 Å². The Bertz CT molecular complexity index is 1130. The molecule has 1 aromatic carbocycles. The molecule has 1 aliphatic heterocycles. The van der Waals surface area contributed by atoms with Crippen molar-refractivity contribution >= 4 is 34.3 Å². The van der Waals surface area contributed by atoms with E-state index < -0.39 is 5.82 Å². The minimum Gasteiger partial charge on any atom is -0.382 e. The highest BCUT2D eigenvalue weighted by Gasteiger charge is 2.27. The van der Waals surface area contributed by atoms with E-state index in [1.807, 2.05) is 0 Å². The lowest BCUT2D eigenvalue weighted by Crippen LogP contribution is -2.37. The molecule has 10 heteroatoms. The third kappa shape index (κ3) is 4.54. The summed E-state index contributed by atoms with van der Waals surface area (Å²) in [5.74, 6) is 1.56. The highest BCUT2D eigenvalue weighted by Crippen LogP contribution is 2.39. The summed E-state index contributed by atoms with van der Waals surface area (Å²) in [6.45, 7) is 2.30. The third-order valence-electron chi connectivity index (χ3n) is 6.06. The standard InChI is InChI=1S/C22H26ClFN8/c1-32-6-4-13(5-7-32)28-22-20(26-10-18(31-22)12-2-3-12)21(25)27-11-19-29-16-8-14(23)15(24)9-17(16)30-19/h8-10,12-13H,2-7,11H2,1H3,(H2,25,27)(H,28,31)(H,29,30). The monoisotopic (exact) mass is 456 g/mol. The van der Waals surface area contributed by atoms with Crippen LogP contribution in [0.4, 0.5) is 10.2 Å². The number of aromatic amines is 1. The summed E-state index contributed by atoms with van der Waals surface area (Å²) >= 11 is 5.85. The molecule has 2 fully saturated rings. The van der Waals surface area contributed by atoms with Gasteiger partial charge in [0.25, 0.3) is 0 Å². The van der Waals surface area contributed by atoms with Crippen LogP contribution >= 0.6 is 11.6 Å². The van der Waals surface area contributed by atoms with Crippen LogP contribution < -0.4 is 11.1 Å². The van der Waals surface area contributed by atoms with E-state index in [2.05, 4.69) is 37.2 Å². The molecule has 1 saturated carbocycles. The van der Waals surface area contributed by atoms with Gasteiger partial charge in [-0.1, -0.05) is 11.6 Å². The third-order valence-corrected chi connectivity index (χ3v) is 6.35. The lowest BCUT2D eigenvalue weighted by molar-refractivity contribution is 0.263. The summed E-state index contributed by atoms with van der Waals surface area (Å²) in [5.41, 5.74) is 9.04. The van der Waals surface area contributed by atoms with Crippen molar-refractivity contribution in [2.75, 3.05) is 25.5 Å². The number of anilines is 1. The van der Waals surface area contributed by atoms with Gasteiger partial charge in [0.05, 0.1) is 28.3 Å². The molecule has 2 aromatic heterocycles. The first-order chi connectivity index (χ1) is 15.5. The minimum atomic E-state index is -0.493. The number of nitrogens with one attached hydrogen (secondary N) is 2. The van der Waals surface area contributed by atoms with E-state index in [1.165, 1.54) is 12.1 Å². The summed E-state index contributed by atoms with van der Waals surface area (Å²) < 4.78 is 13.7. The van der Waals surface area contributed by atoms with Crippen LogP contribution in [-0.4, -0.2) is 56.9 Å². The van der Waals surface area contributed by atoms with E-state index in [4.69, 9.17) is 22.3 Å². The number of benzene rings is 1. The van der Waals surface area contributed by atoms with Gasteiger partial charge in [0.15, 0.2) is 5.82 Å². The highest BCUT2D eigenvalue weighted by molar-refractivity contribution is 6.31. The Kier molecular flexibility index (Phi) is 5.69. The zero-order chi connectivity index (χ0) is 22.2. The van der Waals surface area contributed by atoms with Crippen LogP contribution in [0.3, 0.4) is 0 Å². The number of halogens is 2. The predicted molar refractivity (Wildman–Crippen MR) is 124 cm³/mol. The first kappa shape index (κ1) is 21.1. The Morgan fingerprint density at radius 1 is 1.28 bits per heavy atom. The summed E-state index contributed by atoms with van der Waals surface area (Å²) in [6.07, 6.45) is 6.20. The number of amidine groups is 1. The number of H-pyrrole nitrogens is 1. The second-order valence-corrected chi connectivity index (χ2v) is 9.06. The summed E-state index contributed by atoms with van der Waals surface area (Å²) in [7, 11) is 2.14. The van der Waals surface area contributed by atoms with E-state index in [0.29, 0.717) is 46.2 Å². The lowest BCUT2D eigenvalue weighted by atomic mass is 10.1. The van der Waals surface area contributed by atoms with Gasteiger partial charge in [-0.05, 0) is 51.9 Å². The van der Waals surface area contributed by atoms with Gasteiger partial charge in [0, 0.05) is 24.2 Å². The van der Waals surface area contributed by atoms with Gasteiger partial charge >= 0.3 is 0 Å². The summed E-state index contributed by atoms with van der Waals surface area (Å²) in [6, 6.07) is 3.15. The average molecular weight is 457 g/mol. The van der Waals surface area contributed by atoms with E-state index in [-0.39, 0.29) is 11.6 Å². The number of hydrogen-bond acceptors (Lipinski definition) is 6. The Labute approximate surface area is 190 Å². The SMILES string of the molecule is CN1CCC(Nc2nc(C3CC3)cnc2C(N)=NCc2nc3cc(Cl)c(F)cc3[nH]2)CC1. The maximum absolute atomic E-state index is 13.7. The summed E-state index contributed by atoms with van der Waals surface area (Å²) in [5, 5.41) is 3.60. The molecule has 168 valence electrons. The Balaban J connectivity index is 1.38. The van der Waals surface area contributed by atoms with Gasteiger partial charge in [0.1, 0.15) is 23.2 Å². The molecule has 3 aromatic rings. The van der Waals surface area contributed by atoms with E-state index in [0.717, 1.165) is 44.5 Å². The van der Waals surface area contributed by atoms with Gasteiger partial charge in [-0.2, -0.15) is 0 Å². The van der Waals surface area contributed by atoms with E-state index >= 15 is 0 Å². The molecule has 2 aliphatic rings. The molecule has 0 radical (unpaired) electrons. The lowest BCUT2D eigenvalue weighted by Gasteiger charge is -2.30. The maximum atomic E-state index is 13.7. The normalized spacial score (nSPS) is 18.4. The molecule has 0 unspecified atom stereocenters. The van der Waals surface area contributed by atoms with Crippen LogP contribution in [0.25, 0.3) is 11.0 Å². The van der Waals surface area contributed by atoms with Crippen LogP contribution in [0, 0.1) is 5.82 Å². The quantitative estimate of drug-likeness (QED) is 0.387. The fourth-order valence-electron chi connectivity index (χ4n) is 3.98. The molecule has 0 amide bonds. The predicted octanol–water partition coefficient (Wildman–Crippen LogP) is 3.43. The van der Waals surface area contributed by atoms with E-state index in [1.54, 1.807) is 6.20 Å². The Hall–Kier alpha value is -2.78. The topological polar surface area (TPSA) is 108 Å². The average Bonchev–Trinajstić information content (AvgIpc) is 3.56. The molecule has 8 nitrogen and oxygen atoms in total. The van der Waals surface area contributed by atoms with Crippen molar-refractivity contribution in [1.29, 1.82) is 0 Å². The van der Waals surface area contributed by atoms with Crippen molar-refractivity contribution in [3.05, 3.63) is 46.4 Å². The Morgan fingerprint density at radius 3 is 2.81 bits per heavy atom. The van der Waals surface area contributed by atoms with Gasteiger partial charge in [-0.15, -0.1) is 0 Å². The molecule has 0 spiro atoms. The molecule has 32 heavy (non-hydrogen) atoms. The molecule has 3 heterocycles. The number of rotatable bonds is 6. The first-order valence-electron chi connectivity index (χ1n) is 10.9. The van der Waals surface area contributed by atoms with Crippen LogP contribution in [0.1, 0.15) is 48.8 Å². The van der Waals surface area contributed by atoms with Gasteiger partial charge in [0.2, 0.25) is 0 Å². The minimum absolute atomic E-state index is 0.0363. The number of nitrogens with two attached hydrogens (primary N) is 1. The molecule has 4 N–H and O–H groups in total. The van der Waals surface area contributed by atoms with Gasteiger partial charge < -0.3 is 20.9 Å². The summed E-state index contributed by atoms with van der Waals surface area (Å²) in [4.78, 5) is 23.8. The second kappa shape index (κ2) is 8.63. The second-order valence-electron chi connectivity index (χ2n) is 8.66. The maximum Gasteiger partial charge on any atom is 0.156 e. The van der Waals surface area contributed by atoms with Crippen molar-refractivity contribution in [2.24, 2.45) is 10.7 Å². The van der Waals surface area contributed by atoms with Crippen molar-refractivity contribution < 1.29 is 4.39 Å². The number of hydrogen-bond donors (Lipinski definition) is 3. The molecular weight excluding hydrogens is 431 g/mol. The Morgan fingerprint density at radius 2 is 2.06 bits per heavy atom. The van der Waals surface area contributed by atoms with Crippen LogP contribution in [0.5, 0.6) is 0 Å². The van der Waals surface area contributed by atoms with Crippen molar-refractivity contribution in [2.45, 2.75) is 44.2 Å². The number of fused-ring (bicyclic) bond motifs is 1.